The molecule has 0 N–H and O–H groups in total. The van der Waals surface area contributed by atoms with E-state index < -0.39 is 0 Å². The lowest BCUT2D eigenvalue weighted by molar-refractivity contribution is 0.0507. The van der Waals surface area contributed by atoms with Crippen molar-refractivity contribution in [3.8, 4) is 5.75 Å². The Hall–Kier alpha value is -0.540. The van der Waals surface area contributed by atoms with E-state index in [9.17, 15) is 0 Å². The molecular formula is C13H19BrO2. The van der Waals surface area contributed by atoms with Crippen LogP contribution in [-0.2, 0) is 4.74 Å². The van der Waals surface area contributed by atoms with Crippen LogP contribution >= 0.6 is 15.9 Å². The molecule has 0 aliphatic carbocycles. The van der Waals surface area contributed by atoms with Crippen molar-refractivity contribution in [2.24, 2.45) is 5.92 Å². The fourth-order valence-corrected chi connectivity index (χ4v) is 1.92. The van der Waals surface area contributed by atoms with Crippen LogP contribution in [-0.4, -0.2) is 19.0 Å². The van der Waals surface area contributed by atoms with Crippen molar-refractivity contribution in [2.75, 3.05) is 19.0 Å². The first-order chi connectivity index (χ1) is 7.67. The van der Waals surface area contributed by atoms with Gasteiger partial charge >= 0.3 is 0 Å². The zero-order chi connectivity index (χ0) is 12.0. The average molecular weight is 287 g/mol. The minimum absolute atomic E-state index is 0.119. The van der Waals surface area contributed by atoms with Crippen LogP contribution in [0.25, 0.3) is 0 Å². The number of halogens is 1. The zero-order valence-corrected chi connectivity index (χ0v) is 11.7. The van der Waals surface area contributed by atoms with Gasteiger partial charge in [0, 0.05) is 11.9 Å². The molecule has 0 saturated heterocycles. The zero-order valence-electron chi connectivity index (χ0n) is 10.1. The van der Waals surface area contributed by atoms with Gasteiger partial charge in [0.15, 0.2) is 0 Å². The summed E-state index contributed by atoms with van der Waals surface area (Å²) in [6, 6.07) is 8.02. The first kappa shape index (κ1) is 13.5. The fourth-order valence-electron chi connectivity index (χ4n) is 1.36. The minimum Gasteiger partial charge on any atom is -0.497 e. The molecule has 0 aliphatic heterocycles. The van der Waals surface area contributed by atoms with E-state index in [2.05, 4.69) is 29.8 Å². The van der Waals surface area contributed by atoms with Crippen molar-refractivity contribution in [3.63, 3.8) is 0 Å². The van der Waals surface area contributed by atoms with Gasteiger partial charge in [0.1, 0.15) is 5.75 Å². The molecule has 3 heteroatoms. The van der Waals surface area contributed by atoms with Gasteiger partial charge < -0.3 is 9.47 Å². The normalized spacial score (nSPS) is 12.8. The van der Waals surface area contributed by atoms with E-state index in [1.165, 1.54) is 5.56 Å². The van der Waals surface area contributed by atoms with E-state index in [0.717, 1.165) is 17.7 Å². The Bertz CT molecular complexity index is 295. The Morgan fingerprint density at radius 3 is 2.25 bits per heavy atom. The van der Waals surface area contributed by atoms with E-state index in [4.69, 9.17) is 9.47 Å². The molecule has 1 aromatic carbocycles. The summed E-state index contributed by atoms with van der Waals surface area (Å²) >= 11 is 3.48. The molecule has 90 valence electrons. The van der Waals surface area contributed by atoms with Crippen molar-refractivity contribution in [1.82, 2.24) is 0 Å². The molecule has 0 heterocycles. The molecule has 0 saturated carbocycles. The summed E-state index contributed by atoms with van der Waals surface area (Å²) in [6.45, 7) is 5.08. The third kappa shape index (κ3) is 4.14. The Balaban J connectivity index is 2.63. The molecular weight excluding hydrogens is 268 g/mol. The van der Waals surface area contributed by atoms with Gasteiger partial charge in [-0.2, -0.15) is 0 Å². The van der Waals surface area contributed by atoms with Gasteiger partial charge in [-0.15, -0.1) is 0 Å². The molecule has 0 fully saturated rings. The average Bonchev–Trinajstić information content (AvgIpc) is 2.30. The second kappa shape index (κ2) is 6.92. The number of alkyl halides is 1. The Morgan fingerprint density at radius 2 is 1.81 bits per heavy atom. The van der Waals surface area contributed by atoms with E-state index in [-0.39, 0.29) is 6.10 Å². The standard InChI is InChI=1S/C13H19BrO2/c1-10(2)9-16-13(8-14)11-4-6-12(15-3)7-5-11/h4-7,10,13H,8-9H2,1-3H3. The highest BCUT2D eigenvalue weighted by atomic mass is 79.9. The Morgan fingerprint density at radius 1 is 1.19 bits per heavy atom. The number of methoxy groups -OCH3 is 1. The predicted molar refractivity (Wildman–Crippen MR) is 70.3 cm³/mol. The summed E-state index contributed by atoms with van der Waals surface area (Å²) in [5, 5.41) is 0.812. The number of benzene rings is 1. The summed E-state index contributed by atoms with van der Waals surface area (Å²) in [4.78, 5) is 0. The first-order valence-corrected chi connectivity index (χ1v) is 6.61. The molecule has 1 atom stereocenters. The molecule has 0 bridgehead atoms. The second-order valence-electron chi connectivity index (χ2n) is 4.14. The minimum atomic E-state index is 0.119. The van der Waals surface area contributed by atoms with Gasteiger partial charge in [-0.05, 0) is 23.6 Å². The molecule has 0 aromatic heterocycles. The predicted octanol–water partition coefficient (Wildman–Crippen LogP) is 3.80. The summed E-state index contributed by atoms with van der Waals surface area (Å²) < 4.78 is 11.0. The van der Waals surface area contributed by atoms with E-state index in [1.54, 1.807) is 7.11 Å². The van der Waals surface area contributed by atoms with Gasteiger partial charge in [0.25, 0.3) is 0 Å². The van der Waals surface area contributed by atoms with Gasteiger partial charge in [0.05, 0.1) is 13.2 Å². The Kier molecular flexibility index (Phi) is 5.85. The Labute approximate surface area is 106 Å². The molecule has 0 aliphatic rings. The number of ether oxygens (including phenoxy) is 2. The topological polar surface area (TPSA) is 18.5 Å². The first-order valence-electron chi connectivity index (χ1n) is 5.49. The third-order valence-corrected chi connectivity index (χ3v) is 2.85. The fraction of sp³-hybridized carbons (Fsp3) is 0.538. The highest BCUT2D eigenvalue weighted by Crippen LogP contribution is 2.23. The van der Waals surface area contributed by atoms with E-state index in [0.29, 0.717) is 5.92 Å². The maximum Gasteiger partial charge on any atom is 0.118 e. The lowest BCUT2D eigenvalue weighted by Crippen LogP contribution is -2.10. The van der Waals surface area contributed by atoms with Crippen molar-refractivity contribution in [2.45, 2.75) is 20.0 Å². The smallest absolute Gasteiger partial charge is 0.118 e. The quantitative estimate of drug-likeness (QED) is 0.741. The molecule has 1 aromatic rings. The lowest BCUT2D eigenvalue weighted by Gasteiger charge is -2.17. The van der Waals surface area contributed by atoms with Crippen molar-refractivity contribution in [1.29, 1.82) is 0 Å². The summed E-state index contributed by atoms with van der Waals surface area (Å²) in [5.74, 6) is 1.43. The van der Waals surface area contributed by atoms with Crippen LogP contribution in [0.4, 0.5) is 0 Å². The second-order valence-corrected chi connectivity index (χ2v) is 4.79. The third-order valence-electron chi connectivity index (χ3n) is 2.26. The van der Waals surface area contributed by atoms with Gasteiger partial charge in [-0.25, -0.2) is 0 Å². The molecule has 0 spiro atoms. The van der Waals surface area contributed by atoms with Crippen molar-refractivity contribution >= 4 is 15.9 Å². The maximum absolute atomic E-state index is 5.82. The molecule has 0 amide bonds. The number of hydrogen-bond donors (Lipinski definition) is 0. The number of rotatable bonds is 6. The molecule has 1 rings (SSSR count). The van der Waals surface area contributed by atoms with Crippen LogP contribution in [0.5, 0.6) is 5.75 Å². The number of hydrogen-bond acceptors (Lipinski definition) is 2. The van der Waals surface area contributed by atoms with Gasteiger partial charge in [0.2, 0.25) is 0 Å². The summed E-state index contributed by atoms with van der Waals surface area (Å²) in [5.41, 5.74) is 1.18. The van der Waals surface area contributed by atoms with Gasteiger partial charge in [-0.1, -0.05) is 41.9 Å². The van der Waals surface area contributed by atoms with Crippen molar-refractivity contribution in [3.05, 3.63) is 29.8 Å². The summed E-state index contributed by atoms with van der Waals surface area (Å²) in [7, 11) is 1.67. The highest BCUT2D eigenvalue weighted by Gasteiger charge is 2.11. The maximum atomic E-state index is 5.82. The van der Waals surface area contributed by atoms with Crippen LogP contribution in [0.1, 0.15) is 25.5 Å². The van der Waals surface area contributed by atoms with E-state index >= 15 is 0 Å². The highest BCUT2D eigenvalue weighted by molar-refractivity contribution is 9.09. The molecule has 16 heavy (non-hydrogen) atoms. The van der Waals surface area contributed by atoms with Crippen LogP contribution in [0, 0.1) is 5.92 Å². The van der Waals surface area contributed by atoms with Crippen LogP contribution < -0.4 is 4.74 Å². The van der Waals surface area contributed by atoms with Crippen LogP contribution in [0.3, 0.4) is 0 Å². The largest absolute Gasteiger partial charge is 0.497 e. The van der Waals surface area contributed by atoms with Crippen molar-refractivity contribution < 1.29 is 9.47 Å². The monoisotopic (exact) mass is 286 g/mol. The van der Waals surface area contributed by atoms with E-state index in [1.807, 2.05) is 24.3 Å². The molecule has 2 nitrogen and oxygen atoms in total. The van der Waals surface area contributed by atoms with Gasteiger partial charge in [-0.3, -0.25) is 0 Å². The SMILES string of the molecule is COc1ccc(C(CBr)OCC(C)C)cc1. The van der Waals surface area contributed by atoms with Crippen LogP contribution in [0.2, 0.25) is 0 Å². The molecule has 0 radical (unpaired) electrons. The van der Waals surface area contributed by atoms with Crippen LogP contribution in [0.15, 0.2) is 24.3 Å². The summed E-state index contributed by atoms with van der Waals surface area (Å²) in [6.07, 6.45) is 0.119. The molecule has 1 unspecified atom stereocenters. The lowest BCUT2D eigenvalue weighted by atomic mass is 10.1.